The van der Waals surface area contributed by atoms with Crippen molar-refractivity contribution in [1.29, 1.82) is 0 Å². The highest BCUT2D eigenvalue weighted by molar-refractivity contribution is 14.0. The number of rotatable bonds is 7. The van der Waals surface area contributed by atoms with E-state index >= 15 is 0 Å². The molecule has 0 bridgehead atoms. The zero-order valence-corrected chi connectivity index (χ0v) is 20.6. The zero-order chi connectivity index (χ0) is 21.3. The fourth-order valence-electron chi connectivity index (χ4n) is 3.56. The maximum atomic E-state index is 13.5. The van der Waals surface area contributed by atoms with Gasteiger partial charge in [-0.2, -0.15) is 0 Å². The molecule has 0 amide bonds. The van der Waals surface area contributed by atoms with Crippen molar-refractivity contribution < 1.29 is 13.9 Å². The number of nitrogens with one attached hydrogen (secondary N) is 2. The summed E-state index contributed by atoms with van der Waals surface area (Å²) in [6.45, 7) is 4.38. The molecule has 1 unspecified atom stereocenters. The molecule has 0 aromatic heterocycles. The first kappa shape index (κ1) is 25.0. The topological polar surface area (TPSA) is 58.1 Å². The van der Waals surface area contributed by atoms with Gasteiger partial charge in [-0.1, -0.05) is 18.2 Å². The van der Waals surface area contributed by atoms with Crippen LogP contribution in [0.1, 0.15) is 19.8 Å². The number of nitrogens with zero attached hydrogens (tertiary/aromatic N) is 2. The zero-order valence-electron chi connectivity index (χ0n) is 18.3. The highest BCUT2D eigenvalue weighted by atomic mass is 127. The Morgan fingerprint density at radius 1 is 1.16 bits per heavy atom. The third-order valence-electron chi connectivity index (χ3n) is 5.19. The number of anilines is 1. The van der Waals surface area contributed by atoms with Gasteiger partial charge < -0.3 is 25.0 Å². The third kappa shape index (κ3) is 7.45. The summed E-state index contributed by atoms with van der Waals surface area (Å²) in [5.74, 6) is 2.01. The highest BCUT2D eigenvalue weighted by Crippen LogP contribution is 2.26. The van der Waals surface area contributed by atoms with Crippen LogP contribution in [0.5, 0.6) is 11.5 Å². The Bertz CT molecular complexity index is 844. The molecule has 2 N–H and O–H groups in total. The minimum Gasteiger partial charge on any atom is -0.493 e. The largest absolute Gasteiger partial charge is 0.493 e. The van der Waals surface area contributed by atoms with Crippen LogP contribution in [0.25, 0.3) is 0 Å². The monoisotopic (exact) mass is 542 g/mol. The maximum Gasteiger partial charge on any atom is 0.191 e. The van der Waals surface area contributed by atoms with E-state index in [9.17, 15) is 4.39 Å². The molecule has 0 radical (unpaired) electrons. The molecule has 170 valence electrons. The summed E-state index contributed by atoms with van der Waals surface area (Å²) in [5.41, 5.74) is 0.943. The van der Waals surface area contributed by atoms with Crippen LogP contribution in [0, 0.1) is 5.82 Å². The predicted molar refractivity (Wildman–Crippen MR) is 135 cm³/mol. The average Bonchev–Trinajstić information content (AvgIpc) is 2.77. The van der Waals surface area contributed by atoms with Crippen molar-refractivity contribution in [3.05, 3.63) is 54.3 Å². The molecule has 1 fully saturated rings. The van der Waals surface area contributed by atoms with Gasteiger partial charge in [0.25, 0.3) is 0 Å². The summed E-state index contributed by atoms with van der Waals surface area (Å²) < 4.78 is 24.8. The molecule has 1 aliphatic heterocycles. The van der Waals surface area contributed by atoms with E-state index in [0.717, 1.165) is 49.1 Å². The van der Waals surface area contributed by atoms with Gasteiger partial charge in [0.15, 0.2) is 17.5 Å². The van der Waals surface area contributed by atoms with Crippen molar-refractivity contribution in [3.8, 4) is 11.5 Å². The number of benzene rings is 2. The molecular weight excluding hydrogens is 510 g/mol. The molecular formula is C23H32FIN4O2. The van der Waals surface area contributed by atoms with Gasteiger partial charge in [0.05, 0.1) is 13.7 Å². The Morgan fingerprint density at radius 3 is 2.52 bits per heavy atom. The molecule has 0 saturated carbocycles. The number of halogens is 2. The predicted octanol–water partition coefficient (Wildman–Crippen LogP) is 4.05. The van der Waals surface area contributed by atoms with Gasteiger partial charge in [0.2, 0.25) is 0 Å². The lowest BCUT2D eigenvalue weighted by Crippen LogP contribution is -2.50. The van der Waals surface area contributed by atoms with E-state index in [1.165, 1.54) is 6.07 Å². The summed E-state index contributed by atoms with van der Waals surface area (Å²) in [7, 11) is 3.40. The molecule has 8 heteroatoms. The van der Waals surface area contributed by atoms with Gasteiger partial charge in [-0.05, 0) is 50.1 Å². The second kappa shape index (κ2) is 12.6. The summed E-state index contributed by atoms with van der Waals surface area (Å²) in [6, 6.07) is 14.7. The van der Waals surface area contributed by atoms with Crippen molar-refractivity contribution in [2.45, 2.75) is 31.9 Å². The van der Waals surface area contributed by atoms with Crippen molar-refractivity contribution in [3.63, 3.8) is 0 Å². The van der Waals surface area contributed by atoms with Crippen LogP contribution in [-0.4, -0.2) is 51.9 Å². The van der Waals surface area contributed by atoms with E-state index < -0.39 is 0 Å². The number of guanidine groups is 1. The SMILES string of the molecule is CN=C(NCC(C)Oc1ccccc1OC)NC1CCN(c2cccc(F)c2)CC1.I. The molecule has 1 atom stereocenters. The molecule has 2 aromatic rings. The average molecular weight is 542 g/mol. The Morgan fingerprint density at radius 2 is 1.87 bits per heavy atom. The first-order chi connectivity index (χ1) is 14.6. The number of piperidine rings is 1. The quantitative estimate of drug-likeness (QED) is 0.314. The normalized spacial score (nSPS) is 15.6. The second-order valence-electron chi connectivity index (χ2n) is 7.42. The van der Waals surface area contributed by atoms with Crippen LogP contribution < -0.4 is 25.0 Å². The summed E-state index contributed by atoms with van der Waals surface area (Å²) in [4.78, 5) is 6.56. The summed E-state index contributed by atoms with van der Waals surface area (Å²) in [5, 5.41) is 6.82. The van der Waals surface area contributed by atoms with Gasteiger partial charge in [0, 0.05) is 31.9 Å². The minimum atomic E-state index is -0.193. The molecule has 0 aliphatic carbocycles. The van der Waals surface area contributed by atoms with Crippen molar-refractivity contribution in [2.24, 2.45) is 4.99 Å². The second-order valence-corrected chi connectivity index (χ2v) is 7.42. The summed E-state index contributed by atoms with van der Waals surface area (Å²) in [6.07, 6.45) is 1.87. The highest BCUT2D eigenvalue weighted by Gasteiger charge is 2.20. The Kier molecular flexibility index (Phi) is 10.2. The smallest absolute Gasteiger partial charge is 0.191 e. The number of para-hydroxylation sites is 2. The summed E-state index contributed by atoms with van der Waals surface area (Å²) >= 11 is 0. The third-order valence-corrected chi connectivity index (χ3v) is 5.19. The van der Waals surface area contributed by atoms with Crippen LogP contribution in [0.2, 0.25) is 0 Å². The van der Waals surface area contributed by atoms with Gasteiger partial charge in [-0.25, -0.2) is 4.39 Å². The van der Waals surface area contributed by atoms with E-state index in [0.29, 0.717) is 12.6 Å². The van der Waals surface area contributed by atoms with Crippen molar-refractivity contribution in [2.75, 3.05) is 38.7 Å². The first-order valence-corrected chi connectivity index (χ1v) is 10.4. The number of aliphatic imine (C=N–C) groups is 1. The van der Waals surface area contributed by atoms with Crippen LogP contribution >= 0.6 is 24.0 Å². The van der Waals surface area contributed by atoms with E-state index in [-0.39, 0.29) is 35.9 Å². The molecule has 1 saturated heterocycles. The van der Waals surface area contributed by atoms with Crippen LogP contribution in [0.3, 0.4) is 0 Å². The van der Waals surface area contributed by atoms with Crippen LogP contribution in [-0.2, 0) is 0 Å². The van der Waals surface area contributed by atoms with Gasteiger partial charge in [-0.15, -0.1) is 24.0 Å². The molecule has 31 heavy (non-hydrogen) atoms. The lowest BCUT2D eigenvalue weighted by molar-refractivity contribution is 0.213. The maximum absolute atomic E-state index is 13.5. The lowest BCUT2D eigenvalue weighted by atomic mass is 10.0. The number of methoxy groups -OCH3 is 1. The Balaban J connectivity index is 0.00000341. The number of hydrogen-bond donors (Lipinski definition) is 2. The molecule has 2 aromatic carbocycles. The molecule has 0 spiro atoms. The van der Waals surface area contributed by atoms with E-state index in [1.807, 2.05) is 37.3 Å². The van der Waals surface area contributed by atoms with Crippen molar-refractivity contribution >= 4 is 35.6 Å². The van der Waals surface area contributed by atoms with Gasteiger partial charge in [-0.3, -0.25) is 4.99 Å². The van der Waals surface area contributed by atoms with E-state index in [4.69, 9.17) is 9.47 Å². The van der Waals surface area contributed by atoms with E-state index in [2.05, 4.69) is 20.5 Å². The Labute approximate surface area is 201 Å². The number of ether oxygens (including phenoxy) is 2. The molecule has 1 aliphatic rings. The van der Waals surface area contributed by atoms with Crippen molar-refractivity contribution in [1.82, 2.24) is 10.6 Å². The lowest BCUT2D eigenvalue weighted by Gasteiger charge is -2.34. The first-order valence-electron chi connectivity index (χ1n) is 10.4. The number of hydrogen-bond acceptors (Lipinski definition) is 4. The fraction of sp³-hybridized carbons (Fsp3) is 0.435. The standard InChI is InChI=1S/C23H31FN4O2.HI/c1-17(30-22-10-5-4-9-21(22)29-3)16-26-23(25-2)27-19-11-13-28(14-12-19)20-8-6-7-18(24)15-20;/h4-10,15,17,19H,11-14,16H2,1-3H3,(H2,25,26,27);1H. The minimum absolute atomic E-state index is 0. The van der Waals surface area contributed by atoms with Crippen LogP contribution in [0.4, 0.5) is 10.1 Å². The Hall–Kier alpha value is -2.23. The molecule has 1 heterocycles. The molecule has 6 nitrogen and oxygen atoms in total. The van der Waals surface area contributed by atoms with Crippen LogP contribution in [0.15, 0.2) is 53.5 Å². The molecule has 3 rings (SSSR count). The van der Waals surface area contributed by atoms with Gasteiger partial charge >= 0.3 is 0 Å². The van der Waals surface area contributed by atoms with E-state index in [1.54, 1.807) is 26.3 Å². The van der Waals surface area contributed by atoms with Gasteiger partial charge in [0.1, 0.15) is 11.9 Å². The fourth-order valence-corrected chi connectivity index (χ4v) is 3.56.